The topological polar surface area (TPSA) is 57.4 Å². The molecule has 0 fully saturated rings. The molecule has 0 aliphatic rings. The molecular weight excluding hydrogens is 240 g/mol. The molecular formula is C15H18N2O2. The molecule has 19 heavy (non-hydrogen) atoms. The fourth-order valence-electron chi connectivity index (χ4n) is 1.77. The lowest BCUT2D eigenvalue weighted by Crippen LogP contribution is -2.04. The lowest BCUT2D eigenvalue weighted by atomic mass is 10.2. The molecule has 2 N–H and O–H groups in total. The summed E-state index contributed by atoms with van der Waals surface area (Å²) in [5, 5.41) is 0. The molecule has 100 valence electrons. The molecule has 0 saturated carbocycles. The van der Waals surface area contributed by atoms with Crippen molar-refractivity contribution in [3.63, 3.8) is 0 Å². The van der Waals surface area contributed by atoms with E-state index in [-0.39, 0.29) is 0 Å². The van der Waals surface area contributed by atoms with Crippen LogP contribution in [0.1, 0.15) is 17.0 Å². The van der Waals surface area contributed by atoms with Gasteiger partial charge in [-0.3, -0.25) is 4.98 Å². The largest absolute Gasteiger partial charge is 0.487 e. The quantitative estimate of drug-likeness (QED) is 0.863. The molecule has 0 aliphatic heterocycles. The fraction of sp³-hybridized carbons (Fsp3) is 0.267. The maximum Gasteiger partial charge on any atom is 0.130 e. The highest BCUT2D eigenvalue weighted by molar-refractivity contribution is 5.28. The molecule has 0 unspecified atom stereocenters. The average molecular weight is 258 g/mol. The molecule has 0 radical (unpaired) electrons. The fourth-order valence-corrected chi connectivity index (χ4v) is 1.77. The van der Waals surface area contributed by atoms with Crippen molar-refractivity contribution in [1.29, 1.82) is 0 Å². The Labute approximate surface area is 113 Å². The van der Waals surface area contributed by atoms with Crippen molar-refractivity contribution in [3.05, 3.63) is 59.4 Å². The first kappa shape index (κ1) is 13.5. The Balaban J connectivity index is 1.99. The smallest absolute Gasteiger partial charge is 0.130 e. The highest BCUT2D eigenvalue weighted by Gasteiger charge is 2.00. The van der Waals surface area contributed by atoms with Crippen LogP contribution in [0.4, 0.5) is 0 Å². The SMILES string of the molecule is COCc1cccc(OCc2cccc(CN)n2)c1. The van der Waals surface area contributed by atoms with Crippen LogP contribution in [0.3, 0.4) is 0 Å². The molecule has 0 atom stereocenters. The van der Waals surface area contributed by atoms with Crippen LogP contribution in [-0.4, -0.2) is 12.1 Å². The van der Waals surface area contributed by atoms with E-state index in [0.717, 1.165) is 22.7 Å². The van der Waals surface area contributed by atoms with Crippen molar-refractivity contribution in [2.45, 2.75) is 19.8 Å². The number of hydrogen-bond acceptors (Lipinski definition) is 4. The first-order valence-electron chi connectivity index (χ1n) is 6.17. The van der Waals surface area contributed by atoms with Gasteiger partial charge in [0.15, 0.2) is 0 Å². The van der Waals surface area contributed by atoms with Crippen molar-refractivity contribution < 1.29 is 9.47 Å². The monoisotopic (exact) mass is 258 g/mol. The third kappa shape index (κ3) is 4.05. The molecule has 2 aromatic rings. The maximum atomic E-state index is 5.72. The van der Waals surface area contributed by atoms with E-state index >= 15 is 0 Å². The first-order chi connectivity index (χ1) is 9.31. The van der Waals surface area contributed by atoms with Gasteiger partial charge in [-0.05, 0) is 29.8 Å². The molecule has 4 heteroatoms. The third-order valence-electron chi connectivity index (χ3n) is 2.67. The summed E-state index contributed by atoms with van der Waals surface area (Å²) in [5.41, 5.74) is 8.39. The Morgan fingerprint density at radius 1 is 1.05 bits per heavy atom. The number of aromatic nitrogens is 1. The van der Waals surface area contributed by atoms with Crippen molar-refractivity contribution in [2.75, 3.05) is 7.11 Å². The molecule has 0 aliphatic carbocycles. The van der Waals surface area contributed by atoms with E-state index in [9.17, 15) is 0 Å². The second-order valence-electron chi connectivity index (χ2n) is 4.19. The number of nitrogens with zero attached hydrogens (tertiary/aromatic N) is 1. The average Bonchev–Trinajstić information content (AvgIpc) is 2.46. The normalized spacial score (nSPS) is 10.4. The summed E-state index contributed by atoms with van der Waals surface area (Å²) in [7, 11) is 1.68. The molecule has 1 heterocycles. The number of rotatable bonds is 6. The predicted octanol–water partition coefficient (Wildman–Crippen LogP) is 2.27. The summed E-state index contributed by atoms with van der Waals surface area (Å²) in [6, 6.07) is 13.6. The zero-order chi connectivity index (χ0) is 13.5. The van der Waals surface area contributed by atoms with Crippen LogP contribution in [0.2, 0.25) is 0 Å². The van der Waals surface area contributed by atoms with Crippen LogP contribution >= 0.6 is 0 Å². The standard InChI is InChI=1S/C15H18N2O2/c1-18-10-12-4-2-7-15(8-12)19-11-14-6-3-5-13(9-16)17-14/h2-8H,9-11,16H2,1H3. The van der Waals surface area contributed by atoms with Gasteiger partial charge in [0.2, 0.25) is 0 Å². The summed E-state index contributed by atoms with van der Waals surface area (Å²) in [6.45, 7) is 1.46. The summed E-state index contributed by atoms with van der Waals surface area (Å²) < 4.78 is 10.8. The van der Waals surface area contributed by atoms with Gasteiger partial charge in [-0.15, -0.1) is 0 Å². The van der Waals surface area contributed by atoms with E-state index in [1.54, 1.807) is 7.11 Å². The summed E-state index contributed by atoms with van der Waals surface area (Å²) >= 11 is 0. The zero-order valence-corrected chi connectivity index (χ0v) is 11.0. The van der Waals surface area contributed by atoms with Gasteiger partial charge in [0.1, 0.15) is 12.4 Å². The van der Waals surface area contributed by atoms with Gasteiger partial charge in [0, 0.05) is 13.7 Å². The Kier molecular flexibility index (Phi) is 4.89. The number of methoxy groups -OCH3 is 1. The van der Waals surface area contributed by atoms with Crippen molar-refractivity contribution in [2.24, 2.45) is 5.73 Å². The summed E-state index contributed by atoms with van der Waals surface area (Å²) in [5.74, 6) is 0.814. The number of nitrogens with two attached hydrogens (primary N) is 1. The Morgan fingerprint density at radius 2 is 1.84 bits per heavy atom. The highest BCUT2D eigenvalue weighted by Crippen LogP contribution is 2.15. The predicted molar refractivity (Wildman–Crippen MR) is 73.6 cm³/mol. The molecule has 0 saturated heterocycles. The van der Waals surface area contributed by atoms with Crippen LogP contribution < -0.4 is 10.5 Å². The van der Waals surface area contributed by atoms with E-state index in [1.165, 1.54) is 0 Å². The van der Waals surface area contributed by atoms with Crippen molar-refractivity contribution >= 4 is 0 Å². The van der Waals surface area contributed by atoms with Crippen LogP contribution in [0, 0.1) is 0 Å². The Bertz CT molecular complexity index is 529. The van der Waals surface area contributed by atoms with Gasteiger partial charge < -0.3 is 15.2 Å². The van der Waals surface area contributed by atoms with Gasteiger partial charge in [0.05, 0.1) is 18.0 Å². The van der Waals surface area contributed by atoms with Crippen molar-refractivity contribution in [3.8, 4) is 5.75 Å². The van der Waals surface area contributed by atoms with Gasteiger partial charge in [-0.2, -0.15) is 0 Å². The molecule has 4 nitrogen and oxygen atoms in total. The minimum absolute atomic E-state index is 0.435. The molecule has 0 bridgehead atoms. The van der Waals surface area contributed by atoms with E-state index in [0.29, 0.717) is 19.8 Å². The summed E-state index contributed by atoms with van der Waals surface area (Å²) in [6.07, 6.45) is 0. The van der Waals surface area contributed by atoms with E-state index < -0.39 is 0 Å². The zero-order valence-electron chi connectivity index (χ0n) is 11.0. The lowest BCUT2D eigenvalue weighted by molar-refractivity contribution is 0.184. The molecule has 1 aromatic carbocycles. The number of hydrogen-bond donors (Lipinski definition) is 1. The molecule has 2 rings (SSSR count). The van der Waals surface area contributed by atoms with E-state index in [1.807, 2.05) is 42.5 Å². The van der Waals surface area contributed by atoms with Crippen LogP contribution in [-0.2, 0) is 24.5 Å². The third-order valence-corrected chi connectivity index (χ3v) is 2.67. The van der Waals surface area contributed by atoms with E-state index in [2.05, 4.69) is 4.98 Å². The Morgan fingerprint density at radius 3 is 2.63 bits per heavy atom. The van der Waals surface area contributed by atoms with Gasteiger partial charge in [-0.1, -0.05) is 18.2 Å². The van der Waals surface area contributed by atoms with Crippen LogP contribution in [0.5, 0.6) is 5.75 Å². The van der Waals surface area contributed by atoms with Crippen LogP contribution in [0.25, 0.3) is 0 Å². The molecule has 0 spiro atoms. The lowest BCUT2D eigenvalue weighted by Gasteiger charge is -2.08. The maximum absolute atomic E-state index is 5.72. The van der Waals surface area contributed by atoms with E-state index in [4.69, 9.17) is 15.2 Å². The summed E-state index contributed by atoms with van der Waals surface area (Å²) in [4.78, 5) is 4.39. The van der Waals surface area contributed by atoms with Gasteiger partial charge >= 0.3 is 0 Å². The highest BCUT2D eigenvalue weighted by atomic mass is 16.5. The number of pyridine rings is 1. The number of benzene rings is 1. The second-order valence-corrected chi connectivity index (χ2v) is 4.19. The van der Waals surface area contributed by atoms with Gasteiger partial charge in [0.25, 0.3) is 0 Å². The Hall–Kier alpha value is -1.91. The second kappa shape index (κ2) is 6.87. The molecule has 1 aromatic heterocycles. The number of ether oxygens (including phenoxy) is 2. The van der Waals surface area contributed by atoms with Crippen molar-refractivity contribution in [1.82, 2.24) is 4.98 Å². The molecule has 0 amide bonds. The minimum Gasteiger partial charge on any atom is -0.487 e. The minimum atomic E-state index is 0.435. The van der Waals surface area contributed by atoms with Crippen LogP contribution in [0.15, 0.2) is 42.5 Å². The first-order valence-corrected chi connectivity index (χ1v) is 6.17. The van der Waals surface area contributed by atoms with Gasteiger partial charge in [-0.25, -0.2) is 0 Å².